The van der Waals surface area contributed by atoms with Crippen molar-refractivity contribution in [1.29, 1.82) is 0 Å². The molecule has 0 aliphatic rings. The van der Waals surface area contributed by atoms with Gasteiger partial charge in [-0.3, -0.25) is 9.78 Å². The fourth-order valence-electron chi connectivity index (χ4n) is 2.53. The summed E-state index contributed by atoms with van der Waals surface area (Å²) in [6.07, 6.45) is 1.52. The van der Waals surface area contributed by atoms with E-state index < -0.39 is 23.4 Å². The van der Waals surface area contributed by atoms with Crippen LogP contribution < -0.4 is 4.90 Å². The van der Waals surface area contributed by atoms with Crippen LogP contribution in [-0.2, 0) is 17.8 Å². The minimum Gasteiger partial charge on any atom is -0.303 e. The molecule has 0 aliphatic carbocycles. The summed E-state index contributed by atoms with van der Waals surface area (Å²) in [6.45, 7) is 0.0312. The molecule has 0 saturated heterocycles. The molecule has 1 aromatic heterocycles. The summed E-state index contributed by atoms with van der Waals surface area (Å²) >= 11 is 0. The molecule has 3 aromatic rings. The Bertz CT molecular complexity index is 899. The van der Waals surface area contributed by atoms with Crippen LogP contribution in [0.1, 0.15) is 11.3 Å². The minimum atomic E-state index is -0.839. The Hall–Kier alpha value is -3.15. The van der Waals surface area contributed by atoms with E-state index in [0.29, 0.717) is 11.3 Å². The van der Waals surface area contributed by atoms with E-state index in [0.717, 1.165) is 12.1 Å². The maximum absolute atomic E-state index is 14.3. The fourth-order valence-corrected chi connectivity index (χ4v) is 2.53. The van der Waals surface area contributed by atoms with Crippen LogP contribution in [0.5, 0.6) is 0 Å². The summed E-state index contributed by atoms with van der Waals surface area (Å²) in [5.41, 5.74) is 1.11. The molecule has 0 atom stereocenters. The van der Waals surface area contributed by atoms with Crippen LogP contribution in [0.2, 0.25) is 0 Å². The third-order valence-corrected chi connectivity index (χ3v) is 3.82. The van der Waals surface area contributed by atoms with Gasteiger partial charge >= 0.3 is 0 Å². The van der Waals surface area contributed by atoms with Crippen molar-refractivity contribution < 1.29 is 18.0 Å². The predicted octanol–water partition coefficient (Wildman–Crippen LogP) is 4.27. The Morgan fingerprint density at radius 3 is 2.31 bits per heavy atom. The molecule has 1 amide bonds. The Kier molecular flexibility index (Phi) is 5.31. The first-order valence-corrected chi connectivity index (χ1v) is 7.93. The van der Waals surface area contributed by atoms with E-state index in [4.69, 9.17) is 0 Å². The molecule has 3 nitrogen and oxygen atoms in total. The topological polar surface area (TPSA) is 33.2 Å². The number of anilines is 1. The zero-order chi connectivity index (χ0) is 18.5. The first kappa shape index (κ1) is 17.7. The normalized spacial score (nSPS) is 10.6. The first-order chi connectivity index (χ1) is 12.5. The van der Waals surface area contributed by atoms with Gasteiger partial charge in [-0.25, -0.2) is 13.2 Å². The first-order valence-electron chi connectivity index (χ1n) is 7.93. The molecular formula is C20H15F3N2O. The highest BCUT2D eigenvalue weighted by Crippen LogP contribution is 2.23. The maximum Gasteiger partial charge on any atom is 0.231 e. The predicted molar refractivity (Wildman–Crippen MR) is 91.9 cm³/mol. The number of benzene rings is 2. The number of halogens is 3. The summed E-state index contributed by atoms with van der Waals surface area (Å²) in [5, 5.41) is 0. The molecule has 0 N–H and O–H groups in total. The second kappa shape index (κ2) is 7.82. The van der Waals surface area contributed by atoms with E-state index in [1.54, 1.807) is 24.4 Å². The zero-order valence-corrected chi connectivity index (χ0v) is 13.7. The Morgan fingerprint density at radius 1 is 0.923 bits per heavy atom. The molecule has 1 heterocycles. The quantitative estimate of drug-likeness (QED) is 0.684. The van der Waals surface area contributed by atoms with E-state index in [-0.39, 0.29) is 18.7 Å². The van der Waals surface area contributed by atoms with Crippen LogP contribution in [-0.4, -0.2) is 10.9 Å². The van der Waals surface area contributed by atoms with Gasteiger partial charge in [0.1, 0.15) is 17.5 Å². The lowest BCUT2D eigenvalue weighted by Crippen LogP contribution is -2.33. The summed E-state index contributed by atoms with van der Waals surface area (Å²) < 4.78 is 40.5. The molecule has 0 saturated carbocycles. The summed E-state index contributed by atoms with van der Waals surface area (Å²) in [7, 11) is 0. The number of hydrogen-bond acceptors (Lipinski definition) is 2. The van der Waals surface area contributed by atoms with Crippen LogP contribution in [0.3, 0.4) is 0 Å². The number of carbonyl (C=O) groups is 1. The SMILES string of the molecule is O=C(Cc1ccc(F)cc1)N(Cc1ccccn1)c1ccc(F)cc1F. The van der Waals surface area contributed by atoms with Crippen LogP contribution in [0, 0.1) is 17.5 Å². The number of aromatic nitrogens is 1. The molecule has 0 unspecified atom stereocenters. The van der Waals surface area contributed by atoms with Crippen LogP contribution in [0.4, 0.5) is 18.9 Å². The van der Waals surface area contributed by atoms with Gasteiger partial charge in [-0.15, -0.1) is 0 Å². The van der Waals surface area contributed by atoms with Crippen molar-refractivity contribution in [3.8, 4) is 0 Å². The maximum atomic E-state index is 14.3. The highest BCUT2D eigenvalue weighted by Gasteiger charge is 2.21. The van der Waals surface area contributed by atoms with Gasteiger partial charge in [0.2, 0.25) is 5.91 Å². The van der Waals surface area contributed by atoms with Gasteiger partial charge in [-0.2, -0.15) is 0 Å². The molecule has 0 fully saturated rings. The van der Waals surface area contributed by atoms with E-state index in [2.05, 4.69) is 4.98 Å². The zero-order valence-electron chi connectivity index (χ0n) is 13.7. The molecule has 26 heavy (non-hydrogen) atoms. The highest BCUT2D eigenvalue weighted by atomic mass is 19.1. The van der Waals surface area contributed by atoms with E-state index in [9.17, 15) is 18.0 Å². The van der Waals surface area contributed by atoms with Gasteiger partial charge < -0.3 is 4.90 Å². The van der Waals surface area contributed by atoms with Gasteiger partial charge in [-0.1, -0.05) is 18.2 Å². The third kappa shape index (κ3) is 4.27. The number of pyridine rings is 1. The fraction of sp³-hybridized carbons (Fsp3) is 0.100. The standard InChI is InChI=1S/C20H15F3N2O/c21-15-6-4-14(5-7-15)11-20(26)25(13-17-3-1-2-10-24-17)19-9-8-16(22)12-18(19)23/h1-10,12H,11,13H2. The molecular weight excluding hydrogens is 341 g/mol. The number of carbonyl (C=O) groups excluding carboxylic acids is 1. The largest absolute Gasteiger partial charge is 0.303 e. The second-order valence-corrected chi connectivity index (χ2v) is 5.70. The molecule has 6 heteroatoms. The number of amides is 1. The Morgan fingerprint density at radius 2 is 1.65 bits per heavy atom. The van der Waals surface area contributed by atoms with E-state index in [1.165, 1.54) is 35.2 Å². The second-order valence-electron chi connectivity index (χ2n) is 5.70. The lowest BCUT2D eigenvalue weighted by Gasteiger charge is -2.23. The molecule has 3 rings (SSSR count). The van der Waals surface area contributed by atoms with Crippen molar-refractivity contribution in [2.75, 3.05) is 4.90 Å². The Balaban J connectivity index is 1.91. The lowest BCUT2D eigenvalue weighted by atomic mass is 10.1. The van der Waals surface area contributed by atoms with Gasteiger partial charge in [-0.05, 0) is 42.0 Å². The molecule has 0 radical (unpaired) electrons. The van der Waals surface area contributed by atoms with Crippen molar-refractivity contribution in [3.63, 3.8) is 0 Å². The minimum absolute atomic E-state index is 0.0312. The van der Waals surface area contributed by atoms with Gasteiger partial charge in [0.15, 0.2) is 0 Å². The summed E-state index contributed by atoms with van der Waals surface area (Å²) in [4.78, 5) is 18.1. The van der Waals surface area contributed by atoms with E-state index in [1.807, 2.05) is 0 Å². The monoisotopic (exact) mass is 356 g/mol. The van der Waals surface area contributed by atoms with E-state index >= 15 is 0 Å². The van der Waals surface area contributed by atoms with Crippen molar-refractivity contribution in [2.24, 2.45) is 0 Å². The van der Waals surface area contributed by atoms with Crippen molar-refractivity contribution in [2.45, 2.75) is 13.0 Å². The molecule has 0 bridgehead atoms. The summed E-state index contributed by atoms with van der Waals surface area (Å²) in [6, 6.07) is 13.7. The molecule has 2 aromatic carbocycles. The average Bonchev–Trinajstić information content (AvgIpc) is 2.63. The third-order valence-electron chi connectivity index (χ3n) is 3.82. The highest BCUT2D eigenvalue weighted by molar-refractivity contribution is 5.94. The van der Waals surface area contributed by atoms with Crippen LogP contribution in [0.15, 0.2) is 66.9 Å². The molecule has 132 valence electrons. The smallest absolute Gasteiger partial charge is 0.231 e. The van der Waals surface area contributed by atoms with Gasteiger partial charge in [0.25, 0.3) is 0 Å². The van der Waals surface area contributed by atoms with Crippen LogP contribution in [0.25, 0.3) is 0 Å². The van der Waals surface area contributed by atoms with Gasteiger partial charge in [0.05, 0.1) is 24.3 Å². The number of hydrogen-bond donors (Lipinski definition) is 0. The van der Waals surface area contributed by atoms with Crippen molar-refractivity contribution in [1.82, 2.24) is 4.98 Å². The molecule has 0 aliphatic heterocycles. The number of nitrogens with zero attached hydrogens (tertiary/aromatic N) is 2. The lowest BCUT2D eigenvalue weighted by molar-refractivity contribution is -0.118. The Labute approximate surface area is 148 Å². The van der Waals surface area contributed by atoms with Crippen LogP contribution >= 0.6 is 0 Å². The van der Waals surface area contributed by atoms with Crippen molar-refractivity contribution in [3.05, 3.63) is 95.6 Å². The van der Waals surface area contributed by atoms with Gasteiger partial charge in [0, 0.05) is 12.3 Å². The summed E-state index contributed by atoms with van der Waals surface area (Å²) in [5.74, 6) is -2.38. The number of rotatable bonds is 5. The molecule has 0 spiro atoms. The average molecular weight is 356 g/mol. The van der Waals surface area contributed by atoms with Crippen molar-refractivity contribution >= 4 is 11.6 Å².